The maximum Gasteiger partial charge on any atom is 0.326 e. The van der Waals surface area contributed by atoms with Crippen LogP contribution in [-0.4, -0.2) is 62.9 Å². The van der Waals surface area contributed by atoms with Gasteiger partial charge in [-0.2, -0.15) is 0 Å². The molecule has 1 atom stereocenters. The van der Waals surface area contributed by atoms with Crippen LogP contribution in [0, 0.1) is 13.8 Å². The Hall–Kier alpha value is -5.22. The molecule has 0 bridgehead atoms. The Labute approximate surface area is 267 Å². The van der Waals surface area contributed by atoms with E-state index in [1.165, 1.54) is 0 Å². The zero-order chi connectivity index (χ0) is 32.6. The number of carbonyl (C=O) groups excluding carboxylic acids is 2. The number of nitrogens with zero attached hydrogens (tertiary/aromatic N) is 3. The SMILES string of the molecule is Cc1c(CC(=O)c2ccc(C3=NCCC(C(=O)O)N3)cn2)cccc1-c1cccc(NC(=O)c2ccc(CCCCO)cn2)c1C. The number of hydrogen-bond acceptors (Lipinski definition) is 8. The van der Waals surface area contributed by atoms with Gasteiger partial charge in [-0.05, 0) is 97.2 Å². The fraction of sp³-hybridized carbons (Fsp3) is 0.278. The summed E-state index contributed by atoms with van der Waals surface area (Å²) in [5, 5.41) is 24.2. The van der Waals surface area contributed by atoms with E-state index in [4.69, 9.17) is 5.11 Å². The molecule has 4 N–H and O–H groups in total. The van der Waals surface area contributed by atoms with Crippen LogP contribution in [-0.2, 0) is 17.6 Å². The summed E-state index contributed by atoms with van der Waals surface area (Å²) in [4.78, 5) is 50.7. The van der Waals surface area contributed by atoms with Gasteiger partial charge in [-0.25, -0.2) is 4.79 Å². The topological polar surface area (TPSA) is 154 Å². The molecule has 2 aromatic heterocycles. The number of amides is 1. The molecule has 0 saturated heterocycles. The highest BCUT2D eigenvalue weighted by Gasteiger charge is 2.23. The number of aliphatic imine (C=N–C) groups is 1. The van der Waals surface area contributed by atoms with Gasteiger partial charge < -0.3 is 20.8 Å². The van der Waals surface area contributed by atoms with Gasteiger partial charge in [-0.3, -0.25) is 24.5 Å². The van der Waals surface area contributed by atoms with E-state index in [0.29, 0.717) is 41.4 Å². The number of unbranched alkanes of at least 4 members (excludes halogenated alkanes) is 1. The molecule has 0 aliphatic carbocycles. The molecule has 1 aliphatic rings. The number of ketones is 1. The van der Waals surface area contributed by atoms with Crippen molar-refractivity contribution >= 4 is 29.2 Å². The number of aryl methyl sites for hydroxylation is 1. The minimum absolute atomic E-state index is 0.140. The predicted octanol–water partition coefficient (Wildman–Crippen LogP) is 4.95. The van der Waals surface area contributed by atoms with E-state index >= 15 is 0 Å². The number of aromatic nitrogens is 2. The van der Waals surface area contributed by atoms with E-state index in [1.807, 2.05) is 56.3 Å². The van der Waals surface area contributed by atoms with Crippen LogP contribution in [0.5, 0.6) is 0 Å². The second-order valence-electron chi connectivity index (χ2n) is 11.3. The van der Waals surface area contributed by atoms with Gasteiger partial charge in [0.2, 0.25) is 0 Å². The molecule has 0 spiro atoms. The number of aliphatic hydroxyl groups is 1. The molecule has 10 nitrogen and oxygen atoms in total. The number of anilines is 1. The molecular formula is C36H37N5O5. The van der Waals surface area contributed by atoms with Crippen LogP contribution in [0.2, 0.25) is 0 Å². The minimum Gasteiger partial charge on any atom is -0.480 e. The van der Waals surface area contributed by atoms with Crippen LogP contribution in [0.4, 0.5) is 5.69 Å². The van der Waals surface area contributed by atoms with Crippen molar-refractivity contribution in [3.05, 3.63) is 112 Å². The molecule has 1 unspecified atom stereocenters. The summed E-state index contributed by atoms with van der Waals surface area (Å²) in [6, 6.07) is 17.9. The number of rotatable bonds is 12. The van der Waals surface area contributed by atoms with E-state index in [9.17, 15) is 19.5 Å². The van der Waals surface area contributed by atoms with Gasteiger partial charge >= 0.3 is 5.97 Å². The first-order chi connectivity index (χ1) is 22.2. The van der Waals surface area contributed by atoms with Gasteiger partial charge in [0.1, 0.15) is 23.3 Å². The van der Waals surface area contributed by atoms with Gasteiger partial charge in [-0.15, -0.1) is 0 Å². The van der Waals surface area contributed by atoms with E-state index < -0.39 is 12.0 Å². The number of carbonyl (C=O) groups is 3. The van der Waals surface area contributed by atoms with Crippen LogP contribution < -0.4 is 10.6 Å². The number of benzene rings is 2. The summed E-state index contributed by atoms with van der Waals surface area (Å²) in [6.45, 7) is 4.50. The maximum atomic E-state index is 13.3. The monoisotopic (exact) mass is 619 g/mol. The fourth-order valence-electron chi connectivity index (χ4n) is 5.47. The summed E-state index contributed by atoms with van der Waals surface area (Å²) < 4.78 is 0. The minimum atomic E-state index is -0.929. The zero-order valence-electron chi connectivity index (χ0n) is 25.9. The number of carboxylic acids is 1. The Bertz CT molecular complexity index is 1770. The average molecular weight is 620 g/mol. The highest BCUT2D eigenvalue weighted by molar-refractivity contribution is 6.04. The highest BCUT2D eigenvalue weighted by atomic mass is 16.4. The number of carboxylic acid groups (broad SMARTS) is 1. The zero-order valence-corrected chi connectivity index (χ0v) is 25.9. The number of amidine groups is 1. The average Bonchev–Trinajstić information content (AvgIpc) is 3.07. The van der Waals surface area contributed by atoms with E-state index in [0.717, 1.165) is 52.6 Å². The van der Waals surface area contributed by atoms with E-state index in [-0.39, 0.29) is 24.7 Å². The van der Waals surface area contributed by atoms with Crippen molar-refractivity contribution in [1.82, 2.24) is 15.3 Å². The van der Waals surface area contributed by atoms with Gasteiger partial charge in [-0.1, -0.05) is 36.4 Å². The number of pyridine rings is 2. The summed E-state index contributed by atoms with van der Waals surface area (Å²) in [7, 11) is 0. The van der Waals surface area contributed by atoms with Crippen molar-refractivity contribution in [3.63, 3.8) is 0 Å². The van der Waals surface area contributed by atoms with E-state index in [1.54, 1.807) is 30.6 Å². The second-order valence-corrected chi connectivity index (χ2v) is 11.3. The fourth-order valence-corrected chi connectivity index (χ4v) is 5.47. The van der Waals surface area contributed by atoms with Crippen molar-refractivity contribution in [3.8, 4) is 11.1 Å². The van der Waals surface area contributed by atoms with Crippen molar-refractivity contribution in [1.29, 1.82) is 0 Å². The molecule has 0 fully saturated rings. The molecule has 46 heavy (non-hydrogen) atoms. The molecule has 10 heteroatoms. The van der Waals surface area contributed by atoms with Gasteiger partial charge in [0.05, 0.1) is 0 Å². The van der Waals surface area contributed by atoms with Gasteiger partial charge in [0.15, 0.2) is 5.78 Å². The normalized spacial score (nSPS) is 14.2. The number of hydrogen-bond donors (Lipinski definition) is 4. The lowest BCUT2D eigenvalue weighted by molar-refractivity contribution is -0.139. The van der Waals surface area contributed by atoms with Crippen molar-refractivity contribution in [2.75, 3.05) is 18.5 Å². The highest BCUT2D eigenvalue weighted by Crippen LogP contribution is 2.32. The molecule has 2 aromatic carbocycles. The van der Waals surface area contributed by atoms with E-state index in [2.05, 4.69) is 25.6 Å². The third kappa shape index (κ3) is 7.52. The Balaban J connectivity index is 1.28. The first-order valence-corrected chi connectivity index (χ1v) is 15.3. The quantitative estimate of drug-likeness (QED) is 0.128. The molecule has 236 valence electrons. The van der Waals surface area contributed by atoms with Crippen LogP contribution >= 0.6 is 0 Å². The van der Waals surface area contributed by atoms with Crippen LogP contribution in [0.3, 0.4) is 0 Å². The summed E-state index contributed by atoms with van der Waals surface area (Å²) in [5.41, 5.74) is 7.58. The summed E-state index contributed by atoms with van der Waals surface area (Å²) >= 11 is 0. The lowest BCUT2D eigenvalue weighted by Gasteiger charge is -2.21. The third-order valence-electron chi connectivity index (χ3n) is 8.22. The smallest absolute Gasteiger partial charge is 0.326 e. The Morgan fingerprint density at radius 2 is 1.63 bits per heavy atom. The Morgan fingerprint density at radius 1 is 0.891 bits per heavy atom. The second kappa shape index (κ2) is 14.7. The molecule has 1 amide bonds. The molecule has 0 saturated carbocycles. The third-order valence-corrected chi connectivity index (χ3v) is 8.22. The van der Waals surface area contributed by atoms with Crippen LogP contribution in [0.15, 0.2) is 78.0 Å². The number of Topliss-reactive ketones (excluding diaryl/α,β-unsaturated/α-hetero) is 1. The van der Waals surface area contributed by atoms with Crippen molar-refractivity contribution < 1.29 is 24.6 Å². The predicted molar refractivity (Wildman–Crippen MR) is 176 cm³/mol. The number of aliphatic hydroxyl groups excluding tert-OH is 1. The Morgan fingerprint density at radius 3 is 2.33 bits per heavy atom. The summed E-state index contributed by atoms with van der Waals surface area (Å²) in [6.07, 6.45) is 6.21. The van der Waals surface area contributed by atoms with Crippen LogP contribution in [0.25, 0.3) is 11.1 Å². The first kappa shape index (κ1) is 32.2. The molecule has 3 heterocycles. The van der Waals surface area contributed by atoms with Crippen LogP contribution in [0.1, 0.15) is 68.1 Å². The lowest BCUT2D eigenvalue weighted by Crippen LogP contribution is -2.44. The molecule has 0 radical (unpaired) electrons. The van der Waals surface area contributed by atoms with Crippen molar-refractivity contribution in [2.45, 2.75) is 52.0 Å². The van der Waals surface area contributed by atoms with Gasteiger partial charge in [0, 0.05) is 43.2 Å². The Kier molecular flexibility index (Phi) is 10.3. The summed E-state index contributed by atoms with van der Waals surface area (Å²) in [5.74, 6) is -0.911. The molecular weight excluding hydrogens is 582 g/mol. The lowest BCUT2D eigenvalue weighted by atomic mass is 9.91. The van der Waals surface area contributed by atoms with Gasteiger partial charge in [0.25, 0.3) is 5.91 Å². The van der Waals surface area contributed by atoms with Crippen molar-refractivity contribution in [2.24, 2.45) is 4.99 Å². The molecule has 4 aromatic rings. The number of nitrogens with one attached hydrogen (secondary N) is 2. The first-order valence-electron chi connectivity index (χ1n) is 15.3. The molecule has 5 rings (SSSR count). The maximum absolute atomic E-state index is 13.3. The number of aliphatic carboxylic acids is 1. The largest absolute Gasteiger partial charge is 0.480 e. The standard InChI is InChI=1S/C36H37N5O5/c1-22-25(19-33(43)30-15-13-26(21-39-30)34-37-17-16-32(40-34)36(45)46)8-5-9-27(22)28-10-6-11-29(23(28)2)41-35(44)31-14-12-24(20-38-31)7-3-4-18-42/h5-6,8-15,20-21,32,42H,3-4,7,16-19H2,1-2H3,(H,37,40)(H,41,44)(H,45,46). The molecule has 1 aliphatic heterocycles.